The molecule has 0 unspecified atom stereocenters. The lowest BCUT2D eigenvalue weighted by atomic mass is 10.0. The van der Waals surface area contributed by atoms with E-state index in [1.165, 1.54) is 17.7 Å². The maximum atomic E-state index is 5.22. The van der Waals surface area contributed by atoms with Crippen LogP contribution in [-0.2, 0) is 6.42 Å². The van der Waals surface area contributed by atoms with Gasteiger partial charge in [0.25, 0.3) is 0 Å². The first-order chi connectivity index (χ1) is 5.92. The molecule has 1 heterocycles. The van der Waals surface area contributed by atoms with Crippen LogP contribution < -0.4 is 8.38 Å². The molecule has 1 aromatic carbocycles. The van der Waals surface area contributed by atoms with E-state index in [1.807, 2.05) is 35.1 Å². The van der Waals surface area contributed by atoms with Crippen LogP contribution in [0.5, 0.6) is 5.75 Å². The Morgan fingerprint density at radius 1 is 1.42 bits per heavy atom. The Kier molecular flexibility index (Phi) is 2.39. The minimum absolute atomic E-state index is 0.952. The van der Waals surface area contributed by atoms with Gasteiger partial charge in [0.1, 0.15) is 0 Å². The van der Waals surface area contributed by atoms with Crippen molar-refractivity contribution in [2.45, 2.75) is 12.8 Å². The van der Waals surface area contributed by atoms with Crippen molar-refractivity contribution < 1.29 is 3.07 Å². The lowest BCUT2D eigenvalue weighted by Gasteiger charge is -2.19. The molecule has 0 saturated carbocycles. The van der Waals surface area contributed by atoms with E-state index in [1.54, 1.807) is 0 Å². The van der Waals surface area contributed by atoms with Crippen LogP contribution in [0, 0.1) is 0 Å². The predicted molar refractivity (Wildman–Crippen MR) is 57.9 cm³/mol. The molecule has 1 N–H and O–H groups in total. The molecular formula is C9H10INO. The highest BCUT2D eigenvalue weighted by molar-refractivity contribution is 14.1. The van der Waals surface area contributed by atoms with Crippen LogP contribution in [0.3, 0.4) is 0 Å². The van der Waals surface area contributed by atoms with E-state index in [4.69, 9.17) is 3.07 Å². The highest BCUT2D eigenvalue weighted by atomic mass is 127. The molecule has 0 atom stereocenters. The second kappa shape index (κ2) is 3.51. The van der Waals surface area contributed by atoms with E-state index < -0.39 is 0 Å². The monoisotopic (exact) mass is 275 g/mol. The van der Waals surface area contributed by atoms with Crippen LogP contribution in [0.2, 0.25) is 0 Å². The van der Waals surface area contributed by atoms with Gasteiger partial charge in [0.05, 0.1) is 5.69 Å². The second-order valence-corrected chi connectivity index (χ2v) is 3.34. The van der Waals surface area contributed by atoms with Crippen molar-refractivity contribution >= 4 is 28.7 Å². The molecule has 0 aliphatic carbocycles. The average molecular weight is 275 g/mol. The molecule has 1 aromatic rings. The van der Waals surface area contributed by atoms with E-state index in [2.05, 4.69) is 11.4 Å². The zero-order valence-corrected chi connectivity index (χ0v) is 8.80. The van der Waals surface area contributed by atoms with Crippen molar-refractivity contribution in [2.75, 3.05) is 11.9 Å². The topological polar surface area (TPSA) is 21.3 Å². The molecule has 0 amide bonds. The number of benzene rings is 1. The quantitative estimate of drug-likeness (QED) is 0.796. The van der Waals surface area contributed by atoms with Gasteiger partial charge >= 0.3 is 0 Å². The third kappa shape index (κ3) is 1.37. The summed E-state index contributed by atoms with van der Waals surface area (Å²) in [6.45, 7) is 1.06. The first kappa shape index (κ1) is 8.16. The van der Waals surface area contributed by atoms with E-state index >= 15 is 0 Å². The second-order valence-electron chi connectivity index (χ2n) is 2.90. The smallest absolute Gasteiger partial charge is 0.192 e. The van der Waals surface area contributed by atoms with Crippen molar-refractivity contribution in [3.63, 3.8) is 0 Å². The normalized spacial score (nSPS) is 14.8. The van der Waals surface area contributed by atoms with Gasteiger partial charge in [-0.3, -0.25) is 0 Å². The summed E-state index contributed by atoms with van der Waals surface area (Å²) in [7, 11) is 0. The van der Waals surface area contributed by atoms with Crippen molar-refractivity contribution in [2.24, 2.45) is 0 Å². The van der Waals surface area contributed by atoms with Crippen molar-refractivity contribution in [3.8, 4) is 5.75 Å². The first-order valence-electron chi connectivity index (χ1n) is 4.06. The largest absolute Gasteiger partial charge is 0.425 e. The third-order valence-corrected chi connectivity index (χ3v) is 2.59. The molecule has 0 spiro atoms. The van der Waals surface area contributed by atoms with Gasteiger partial charge < -0.3 is 8.38 Å². The van der Waals surface area contributed by atoms with Crippen LogP contribution in [0.15, 0.2) is 18.2 Å². The number of hydrogen-bond donors (Lipinski definition) is 1. The molecule has 0 bridgehead atoms. The van der Waals surface area contributed by atoms with Gasteiger partial charge in [-0.2, -0.15) is 0 Å². The van der Waals surface area contributed by atoms with E-state index in [0.29, 0.717) is 0 Å². The molecule has 1 aliphatic rings. The highest BCUT2D eigenvalue weighted by Gasteiger charge is 2.12. The van der Waals surface area contributed by atoms with Gasteiger partial charge in [-0.1, -0.05) is 12.1 Å². The number of rotatable bonds is 1. The zero-order valence-electron chi connectivity index (χ0n) is 6.64. The van der Waals surface area contributed by atoms with Crippen molar-refractivity contribution in [1.82, 2.24) is 0 Å². The Balaban J connectivity index is 2.44. The number of aryl methyl sites for hydroxylation is 1. The fraction of sp³-hybridized carbons (Fsp3) is 0.333. The van der Waals surface area contributed by atoms with Crippen molar-refractivity contribution in [1.29, 1.82) is 0 Å². The molecule has 12 heavy (non-hydrogen) atoms. The third-order valence-electron chi connectivity index (χ3n) is 2.12. The maximum Gasteiger partial charge on any atom is 0.192 e. The summed E-state index contributed by atoms with van der Waals surface area (Å²) in [6.07, 6.45) is 2.38. The van der Waals surface area contributed by atoms with Crippen LogP contribution in [0.25, 0.3) is 0 Å². The van der Waals surface area contributed by atoms with Crippen LogP contribution in [0.1, 0.15) is 12.0 Å². The molecule has 64 valence electrons. The lowest BCUT2D eigenvalue weighted by molar-refractivity contribution is 0.707. The summed E-state index contributed by atoms with van der Waals surface area (Å²) in [5.41, 5.74) is 2.55. The summed E-state index contributed by atoms with van der Waals surface area (Å²) in [5, 5.41) is 3.35. The molecule has 0 aromatic heterocycles. The molecule has 0 fully saturated rings. The number of fused-ring (bicyclic) bond motifs is 1. The van der Waals surface area contributed by atoms with Crippen LogP contribution in [0.4, 0.5) is 5.69 Å². The summed E-state index contributed by atoms with van der Waals surface area (Å²) in [6, 6.07) is 6.18. The molecule has 1 aliphatic heterocycles. The average Bonchev–Trinajstić information content (AvgIpc) is 2.17. The van der Waals surface area contributed by atoms with Gasteiger partial charge in [-0.05, 0) is 24.5 Å². The van der Waals surface area contributed by atoms with Gasteiger partial charge in [0.2, 0.25) is 0 Å². The zero-order chi connectivity index (χ0) is 8.39. The molecule has 2 rings (SSSR count). The lowest BCUT2D eigenvalue weighted by Crippen LogP contribution is -2.11. The number of para-hydroxylation sites is 1. The van der Waals surface area contributed by atoms with E-state index in [-0.39, 0.29) is 0 Å². The number of halogens is 1. The molecule has 2 nitrogen and oxygen atoms in total. The number of nitrogens with one attached hydrogen (secondary N) is 1. The number of anilines is 1. The van der Waals surface area contributed by atoms with Crippen molar-refractivity contribution in [3.05, 3.63) is 23.8 Å². The Hall–Kier alpha value is -0.450. The Labute approximate surface area is 86.0 Å². The van der Waals surface area contributed by atoms with E-state index in [9.17, 15) is 0 Å². The summed E-state index contributed by atoms with van der Waals surface area (Å²) in [5.74, 6) is 0.952. The van der Waals surface area contributed by atoms with Crippen LogP contribution >= 0.6 is 23.0 Å². The first-order valence-corrected chi connectivity index (χ1v) is 4.94. The van der Waals surface area contributed by atoms with Crippen LogP contribution in [-0.4, -0.2) is 6.54 Å². The van der Waals surface area contributed by atoms with Gasteiger partial charge in [-0.25, -0.2) is 0 Å². The van der Waals surface area contributed by atoms with Gasteiger partial charge in [0.15, 0.2) is 28.8 Å². The van der Waals surface area contributed by atoms with Gasteiger partial charge in [0, 0.05) is 6.54 Å². The summed E-state index contributed by atoms with van der Waals surface area (Å²) >= 11 is 1.92. The Morgan fingerprint density at radius 3 is 3.17 bits per heavy atom. The molecule has 0 radical (unpaired) electrons. The standard InChI is InChI=1S/C9H10INO/c10-12-8-5-1-3-7-4-2-6-11-9(7)8/h1,3,5,11H,2,4,6H2. The Bertz CT molecular complexity index is 274. The highest BCUT2D eigenvalue weighted by Crippen LogP contribution is 2.32. The minimum Gasteiger partial charge on any atom is -0.425 e. The summed E-state index contributed by atoms with van der Waals surface area (Å²) in [4.78, 5) is 0. The molecule has 3 heteroatoms. The number of hydrogen-bond acceptors (Lipinski definition) is 2. The fourth-order valence-corrected chi connectivity index (χ4v) is 1.91. The van der Waals surface area contributed by atoms with Gasteiger partial charge in [-0.15, -0.1) is 0 Å². The Morgan fingerprint density at radius 2 is 2.33 bits per heavy atom. The molecular weight excluding hydrogens is 265 g/mol. The maximum absolute atomic E-state index is 5.22. The molecule has 0 saturated heterocycles. The SMILES string of the molecule is IOc1cccc2c1NCCC2. The summed E-state index contributed by atoms with van der Waals surface area (Å²) < 4.78 is 5.22. The predicted octanol–water partition coefficient (Wildman–Crippen LogP) is 2.77. The fourth-order valence-electron chi connectivity index (χ4n) is 1.54. The van der Waals surface area contributed by atoms with E-state index in [0.717, 1.165) is 18.7 Å². The minimum atomic E-state index is 0.952.